The fourth-order valence-corrected chi connectivity index (χ4v) is 6.53. The summed E-state index contributed by atoms with van der Waals surface area (Å²) in [5, 5.41) is 11.2. The minimum Gasteiger partial charge on any atom is -0.504 e. The summed E-state index contributed by atoms with van der Waals surface area (Å²) < 4.78 is 10.9. The van der Waals surface area contributed by atoms with Crippen LogP contribution in [0.3, 0.4) is 0 Å². The smallest absolute Gasteiger partial charge is 0.255 e. The summed E-state index contributed by atoms with van der Waals surface area (Å²) >= 11 is 0. The van der Waals surface area contributed by atoms with Crippen molar-refractivity contribution in [2.24, 2.45) is 0 Å². The molecule has 1 unspecified atom stereocenters. The van der Waals surface area contributed by atoms with Gasteiger partial charge in [0.25, 0.3) is 5.91 Å². The van der Waals surface area contributed by atoms with Crippen molar-refractivity contribution in [3.8, 4) is 11.5 Å². The molecule has 1 saturated heterocycles. The highest BCUT2D eigenvalue weighted by molar-refractivity contribution is 6.02. The van der Waals surface area contributed by atoms with Crippen LogP contribution in [0.1, 0.15) is 52.4 Å². The number of methoxy groups -OCH3 is 2. The second-order valence-electron chi connectivity index (χ2n) is 9.50. The van der Waals surface area contributed by atoms with Gasteiger partial charge in [-0.05, 0) is 56.5 Å². The molecule has 33 heavy (non-hydrogen) atoms. The van der Waals surface area contributed by atoms with Crippen molar-refractivity contribution in [2.75, 3.05) is 14.2 Å². The first-order chi connectivity index (χ1) is 15.7. The zero-order chi connectivity index (χ0) is 23.7. The van der Waals surface area contributed by atoms with Crippen LogP contribution in [0.4, 0.5) is 0 Å². The van der Waals surface area contributed by atoms with Gasteiger partial charge in [-0.15, -0.1) is 0 Å². The Bertz CT molecular complexity index is 1210. The molecule has 1 heterocycles. The maximum Gasteiger partial charge on any atom is 0.255 e. The van der Waals surface area contributed by atoms with Gasteiger partial charge < -0.3 is 19.5 Å². The van der Waals surface area contributed by atoms with Gasteiger partial charge in [0.2, 0.25) is 0 Å². The number of benzene rings is 2. The van der Waals surface area contributed by atoms with Crippen molar-refractivity contribution in [2.45, 2.75) is 57.0 Å². The number of carbonyl (C=O) groups is 2. The van der Waals surface area contributed by atoms with Crippen molar-refractivity contribution in [1.29, 1.82) is 0 Å². The molecule has 5 rings (SSSR count). The van der Waals surface area contributed by atoms with Crippen LogP contribution in [0.15, 0.2) is 42.2 Å². The summed E-state index contributed by atoms with van der Waals surface area (Å²) in [6.07, 6.45) is 3.17. The number of phenols is 1. The topological polar surface area (TPSA) is 75.8 Å². The number of ether oxygens (including phenoxy) is 2. The molecule has 1 amide bonds. The van der Waals surface area contributed by atoms with E-state index in [-0.39, 0.29) is 35.7 Å². The number of aromatic hydroxyl groups is 1. The van der Waals surface area contributed by atoms with Crippen molar-refractivity contribution >= 4 is 11.7 Å². The van der Waals surface area contributed by atoms with E-state index in [1.54, 1.807) is 6.07 Å². The van der Waals surface area contributed by atoms with E-state index in [0.717, 1.165) is 22.3 Å². The van der Waals surface area contributed by atoms with Gasteiger partial charge in [0.05, 0.1) is 25.8 Å². The molecule has 2 aromatic rings. The van der Waals surface area contributed by atoms with Crippen molar-refractivity contribution in [1.82, 2.24) is 4.90 Å². The van der Waals surface area contributed by atoms with Gasteiger partial charge >= 0.3 is 0 Å². The number of rotatable bonds is 4. The van der Waals surface area contributed by atoms with E-state index in [1.807, 2.05) is 56.0 Å². The zero-order valence-corrected chi connectivity index (χ0v) is 19.7. The molecule has 0 saturated carbocycles. The normalized spacial score (nSPS) is 27.2. The molecular weight excluding hydrogens is 418 g/mol. The van der Waals surface area contributed by atoms with Crippen LogP contribution in [0.25, 0.3) is 0 Å². The fraction of sp³-hybridized carbons (Fsp3) is 0.407. The molecule has 3 atom stereocenters. The number of carbonyl (C=O) groups excluding carboxylic acids is 2. The Morgan fingerprint density at radius 3 is 2.45 bits per heavy atom. The molecule has 3 aliphatic rings. The number of hydrogen-bond donors (Lipinski definition) is 1. The Balaban J connectivity index is 1.75. The quantitative estimate of drug-likeness (QED) is 0.718. The van der Waals surface area contributed by atoms with Crippen molar-refractivity contribution in [3.05, 3.63) is 70.0 Å². The van der Waals surface area contributed by atoms with E-state index in [4.69, 9.17) is 9.47 Å². The minimum atomic E-state index is -0.766. The third kappa shape index (κ3) is 2.66. The molecule has 6 nitrogen and oxygen atoms in total. The van der Waals surface area contributed by atoms with E-state index < -0.39 is 11.0 Å². The molecule has 0 radical (unpaired) electrons. The predicted molar refractivity (Wildman–Crippen MR) is 124 cm³/mol. The Morgan fingerprint density at radius 1 is 1.15 bits per heavy atom. The molecule has 0 aromatic heterocycles. The van der Waals surface area contributed by atoms with Crippen molar-refractivity contribution in [3.63, 3.8) is 0 Å². The van der Waals surface area contributed by atoms with Gasteiger partial charge in [-0.3, -0.25) is 9.59 Å². The first-order valence-electron chi connectivity index (χ1n) is 11.4. The standard InChI is InChI=1S/C27H29NO5/c1-6-26-13-19(29)21(33-5)14-27(26)22(12-17-7-8-20(32-4)24(30)23(17)26)28(27)25(31)18-10-15(2)9-16(3)11-18/h7-11,14,22,30H,6,12-13H2,1-5H3/t22-,26-,27?,28?/m0/s1. The highest BCUT2D eigenvalue weighted by atomic mass is 16.5. The maximum atomic E-state index is 13.9. The molecule has 6 heteroatoms. The van der Waals surface area contributed by atoms with Crippen LogP contribution >= 0.6 is 0 Å². The number of nitrogens with zero attached hydrogens (tertiary/aromatic N) is 1. The second kappa shape index (κ2) is 7.11. The molecule has 1 aliphatic heterocycles. The van der Waals surface area contributed by atoms with Crippen LogP contribution in [0.5, 0.6) is 11.5 Å². The number of phenolic OH excluding ortho intramolecular Hbond substituents is 1. The number of allylic oxidation sites excluding steroid dienone is 1. The molecule has 1 fully saturated rings. The molecule has 2 aliphatic carbocycles. The monoisotopic (exact) mass is 447 g/mol. The Kier molecular flexibility index (Phi) is 4.64. The lowest BCUT2D eigenvalue weighted by Gasteiger charge is -2.45. The number of fused-ring (bicyclic) bond motifs is 2. The zero-order valence-electron chi connectivity index (χ0n) is 19.7. The van der Waals surface area contributed by atoms with Gasteiger partial charge in [0.1, 0.15) is 0 Å². The maximum absolute atomic E-state index is 13.9. The number of Topliss-reactive ketones (excluding diaryl/α,β-unsaturated/α-hetero) is 1. The first-order valence-corrected chi connectivity index (χ1v) is 11.4. The summed E-state index contributed by atoms with van der Waals surface area (Å²) in [7, 11) is 3.01. The number of aryl methyl sites for hydroxylation is 2. The second-order valence-corrected chi connectivity index (χ2v) is 9.50. The summed E-state index contributed by atoms with van der Waals surface area (Å²) in [4.78, 5) is 28.9. The van der Waals surface area contributed by atoms with Gasteiger partial charge in [0, 0.05) is 23.0 Å². The van der Waals surface area contributed by atoms with Crippen LogP contribution in [-0.2, 0) is 21.4 Å². The summed E-state index contributed by atoms with van der Waals surface area (Å²) in [5.74, 6) is 0.527. The fourth-order valence-electron chi connectivity index (χ4n) is 6.53. The van der Waals surface area contributed by atoms with E-state index in [2.05, 4.69) is 0 Å². The lowest BCUT2D eigenvalue weighted by atomic mass is 9.56. The Labute approximate surface area is 193 Å². The van der Waals surface area contributed by atoms with Crippen molar-refractivity contribution < 1.29 is 24.2 Å². The van der Waals surface area contributed by atoms with E-state index >= 15 is 0 Å². The minimum absolute atomic E-state index is 0.0578. The van der Waals surface area contributed by atoms with Gasteiger partial charge in [-0.2, -0.15) is 0 Å². The molecular formula is C27H29NO5. The SMILES string of the molecule is CC[C@@]12CC(=O)C(OC)=CC13[C@H](Cc1ccc(OC)c(O)c12)N3C(=O)c1cc(C)cc(C)c1. The molecule has 0 bridgehead atoms. The summed E-state index contributed by atoms with van der Waals surface area (Å²) in [6.45, 7) is 5.98. The lowest BCUT2D eigenvalue weighted by Crippen LogP contribution is -2.52. The summed E-state index contributed by atoms with van der Waals surface area (Å²) in [6, 6.07) is 9.45. The molecule has 1 spiro atoms. The van der Waals surface area contributed by atoms with Crippen LogP contribution in [0.2, 0.25) is 0 Å². The van der Waals surface area contributed by atoms with Crippen LogP contribution in [-0.4, -0.2) is 47.5 Å². The predicted octanol–water partition coefficient (Wildman–Crippen LogP) is 3.99. The summed E-state index contributed by atoms with van der Waals surface area (Å²) in [5.41, 5.74) is 2.85. The lowest BCUT2D eigenvalue weighted by molar-refractivity contribution is -0.121. The van der Waals surface area contributed by atoms with Gasteiger partial charge in [0.15, 0.2) is 23.0 Å². The third-order valence-electron chi connectivity index (χ3n) is 7.86. The average molecular weight is 448 g/mol. The highest BCUT2D eigenvalue weighted by Crippen LogP contribution is 2.67. The third-order valence-corrected chi connectivity index (χ3v) is 7.86. The number of hydrogen-bond acceptors (Lipinski definition) is 5. The van der Waals surface area contributed by atoms with E-state index in [1.165, 1.54) is 14.2 Å². The van der Waals surface area contributed by atoms with Gasteiger partial charge in [-0.1, -0.05) is 30.2 Å². The number of amides is 1. The Morgan fingerprint density at radius 2 is 1.85 bits per heavy atom. The highest BCUT2D eigenvalue weighted by Gasteiger charge is 2.77. The van der Waals surface area contributed by atoms with Crippen LogP contribution < -0.4 is 4.74 Å². The Hall–Kier alpha value is -3.28. The van der Waals surface area contributed by atoms with Crippen LogP contribution in [0, 0.1) is 13.8 Å². The number of ketones is 1. The van der Waals surface area contributed by atoms with E-state index in [9.17, 15) is 14.7 Å². The largest absolute Gasteiger partial charge is 0.504 e. The molecule has 2 aromatic carbocycles. The first kappa shape index (κ1) is 21.6. The average Bonchev–Trinajstić information content (AvgIpc) is 3.43. The van der Waals surface area contributed by atoms with Gasteiger partial charge in [-0.25, -0.2) is 0 Å². The molecule has 172 valence electrons. The van der Waals surface area contributed by atoms with E-state index in [0.29, 0.717) is 24.2 Å². The molecule has 1 N–H and O–H groups in total.